The number of hydrogen-bond donors (Lipinski definition) is 1. The molecule has 2 rings (SSSR count). The molecule has 0 aliphatic carbocycles. The Morgan fingerprint density at radius 3 is 2.68 bits per heavy atom. The molecule has 19 heavy (non-hydrogen) atoms. The first-order valence-electron chi connectivity index (χ1n) is 5.71. The molecule has 1 unspecified atom stereocenters. The Kier molecular flexibility index (Phi) is 6.90. The van der Waals surface area contributed by atoms with Crippen molar-refractivity contribution in [2.45, 2.75) is 12.5 Å². The fourth-order valence-corrected chi connectivity index (χ4v) is 2.68. The summed E-state index contributed by atoms with van der Waals surface area (Å²) in [6, 6.07) is 13.5. The average Bonchev–Trinajstić information content (AvgIpc) is 2.89. The highest BCUT2D eigenvalue weighted by Crippen LogP contribution is 2.22. The lowest BCUT2D eigenvalue weighted by Gasteiger charge is -2.12. The summed E-state index contributed by atoms with van der Waals surface area (Å²) in [4.78, 5) is 1.32. The summed E-state index contributed by atoms with van der Waals surface area (Å²) >= 11 is 7.82. The fourth-order valence-electron chi connectivity index (χ4n) is 1.73. The minimum atomic E-state index is -0.348. The number of thiophene rings is 1. The third kappa shape index (κ3) is 4.52. The zero-order valence-corrected chi connectivity index (χ0v) is 12.6. The first-order chi connectivity index (χ1) is 8.81. The van der Waals surface area contributed by atoms with E-state index in [0.717, 1.165) is 18.5 Å². The normalized spacial score (nSPS) is 11.4. The van der Waals surface area contributed by atoms with Crippen LogP contribution in [-0.2, 0) is 6.42 Å². The molecule has 100 valence electrons. The van der Waals surface area contributed by atoms with Crippen molar-refractivity contribution >= 4 is 35.3 Å². The highest BCUT2D eigenvalue weighted by atomic mass is 35.5. The van der Waals surface area contributed by atoms with Gasteiger partial charge < -0.3 is 0 Å². The van der Waals surface area contributed by atoms with Crippen LogP contribution in [0.25, 0.3) is 0 Å². The zero-order valence-electron chi connectivity index (χ0n) is 10.2. The Hall–Kier alpha value is -1.05. The maximum Gasteiger partial charge on any atom is 0.122 e. The van der Waals surface area contributed by atoms with Crippen molar-refractivity contribution in [3.8, 4) is 6.07 Å². The Balaban J connectivity index is 0.00000180. The smallest absolute Gasteiger partial charge is 0.122 e. The van der Waals surface area contributed by atoms with Crippen LogP contribution in [0.5, 0.6) is 0 Å². The molecule has 0 saturated heterocycles. The Morgan fingerprint density at radius 1 is 1.26 bits per heavy atom. The number of nitrogens with one attached hydrogen (secondary N) is 1. The average molecular weight is 313 g/mol. The quantitative estimate of drug-likeness (QED) is 0.897. The van der Waals surface area contributed by atoms with Crippen molar-refractivity contribution in [2.75, 3.05) is 6.54 Å². The van der Waals surface area contributed by atoms with Crippen LogP contribution in [0.2, 0.25) is 5.02 Å². The van der Waals surface area contributed by atoms with Crippen molar-refractivity contribution in [1.82, 2.24) is 5.32 Å². The van der Waals surface area contributed by atoms with E-state index in [0.29, 0.717) is 5.02 Å². The van der Waals surface area contributed by atoms with Gasteiger partial charge >= 0.3 is 0 Å². The summed E-state index contributed by atoms with van der Waals surface area (Å²) in [7, 11) is 0. The molecule has 0 aliphatic heterocycles. The number of benzene rings is 1. The number of hydrogen-bond acceptors (Lipinski definition) is 3. The molecule has 5 heteroatoms. The summed E-state index contributed by atoms with van der Waals surface area (Å²) in [6.45, 7) is 0.768. The van der Waals surface area contributed by atoms with Crippen LogP contribution in [0.3, 0.4) is 0 Å². The standard InChI is InChI=1S/C14H13ClN2S.ClH/c15-13-6-2-1-5-12(13)14(10-16)17-8-7-11-4-3-9-18-11;/h1-6,9,14,17H,7-8H2;1H. The predicted octanol–water partition coefficient (Wildman–Crippen LogP) is 4.22. The predicted molar refractivity (Wildman–Crippen MR) is 83.1 cm³/mol. The van der Waals surface area contributed by atoms with Crippen molar-refractivity contribution < 1.29 is 0 Å². The summed E-state index contributed by atoms with van der Waals surface area (Å²) in [5.74, 6) is 0. The van der Waals surface area contributed by atoms with Crippen molar-refractivity contribution in [3.63, 3.8) is 0 Å². The van der Waals surface area contributed by atoms with Gasteiger partial charge in [-0.2, -0.15) is 5.26 Å². The van der Waals surface area contributed by atoms with Gasteiger partial charge in [-0.3, -0.25) is 5.32 Å². The van der Waals surface area contributed by atoms with Gasteiger partial charge in [0.15, 0.2) is 0 Å². The zero-order chi connectivity index (χ0) is 12.8. The van der Waals surface area contributed by atoms with Crippen LogP contribution in [-0.4, -0.2) is 6.54 Å². The third-order valence-electron chi connectivity index (χ3n) is 2.65. The van der Waals surface area contributed by atoms with Crippen LogP contribution in [0.15, 0.2) is 41.8 Å². The van der Waals surface area contributed by atoms with Gasteiger partial charge in [0.05, 0.1) is 6.07 Å². The van der Waals surface area contributed by atoms with Gasteiger partial charge in [0.25, 0.3) is 0 Å². The maximum atomic E-state index is 9.19. The van der Waals surface area contributed by atoms with E-state index in [9.17, 15) is 5.26 Å². The molecule has 1 heterocycles. The summed E-state index contributed by atoms with van der Waals surface area (Å²) in [5, 5.41) is 15.1. The Bertz CT molecular complexity index is 535. The topological polar surface area (TPSA) is 35.8 Å². The second-order valence-electron chi connectivity index (χ2n) is 3.87. The summed E-state index contributed by atoms with van der Waals surface area (Å²) in [6.07, 6.45) is 0.931. The van der Waals surface area contributed by atoms with Gasteiger partial charge in [0, 0.05) is 22.0 Å². The van der Waals surface area contributed by atoms with Gasteiger partial charge in [-0.25, -0.2) is 0 Å². The van der Waals surface area contributed by atoms with Crippen LogP contribution >= 0.6 is 35.3 Å². The summed E-state index contributed by atoms with van der Waals surface area (Å²) in [5.41, 5.74) is 0.841. The van der Waals surface area contributed by atoms with Crippen LogP contribution < -0.4 is 5.32 Å². The lowest BCUT2D eigenvalue weighted by molar-refractivity contribution is 0.632. The van der Waals surface area contributed by atoms with Crippen molar-refractivity contribution in [3.05, 3.63) is 57.2 Å². The van der Waals surface area contributed by atoms with Gasteiger partial charge in [-0.1, -0.05) is 35.9 Å². The van der Waals surface area contributed by atoms with E-state index < -0.39 is 0 Å². The van der Waals surface area contributed by atoms with Crippen LogP contribution in [0.1, 0.15) is 16.5 Å². The number of nitriles is 1. The fraction of sp³-hybridized carbons (Fsp3) is 0.214. The van der Waals surface area contributed by atoms with E-state index in [1.54, 1.807) is 11.3 Å². The SMILES string of the molecule is Cl.N#CC(NCCc1cccs1)c1ccccc1Cl. The van der Waals surface area contributed by atoms with Crippen molar-refractivity contribution in [1.29, 1.82) is 5.26 Å². The van der Waals surface area contributed by atoms with Crippen LogP contribution in [0.4, 0.5) is 0 Å². The number of nitrogens with zero attached hydrogens (tertiary/aromatic N) is 1. The molecule has 1 aromatic heterocycles. The van der Waals surface area contributed by atoms with Gasteiger partial charge in [-0.05, 0) is 23.9 Å². The van der Waals surface area contributed by atoms with Crippen molar-refractivity contribution in [2.24, 2.45) is 0 Å². The molecule has 0 spiro atoms. The largest absolute Gasteiger partial charge is 0.298 e. The molecule has 2 aromatic rings. The maximum absolute atomic E-state index is 9.19. The number of halogens is 2. The minimum absolute atomic E-state index is 0. The lowest BCUT2D eigenvalue weighted by Crippen LogP contribution is -2.22. The molecule has 0 radical (unpaired) electrons. The molecule has 0 aliphatic rings. The molecule has 0 bridgehead atoms. The molecule has 1 atom stereocenters. The molecular formula is C14H14Cl2N2S. The molecule has 1 aromatic carbocycles. The molecule has 0 fully saturated rings. The van der Waals surface area contributed by atoms with E-state index in [2.05, 4.69) is 22.8 Å². The van der Waals surface area contributed by atoms with E-state index >= 15 is 0 Å². The monoisotopic (exact) mass is 312 g/mol. The van der Waals surface area contributed by atoms with Gasteiger partial charge in [-0.15, -0.1) is 23.7 Å². The van der Waals surface area contributed by atoms with E-state index in [1.165, 1.54) is 4.88 Å². The molecule has 0 saturated carbocycles. The molecular weight excluding hydrogens is 299 g/mol. The number of rotatable bonds is 5. The minimum Gasteiger partial charge on any atom is -0.298 e. The van der Waals surface area contributed by atoms with Crippen LogP contribution in [0, 0.1) is 11.3 Å². The first-order valence-corrected chi connectivity index (χ1v) is 6.97. The molecule has 0 amide bonds. The van der Waals surface area contributed by atoms with E-state index in [-0.39, 0.29) is 18.4 Å². The Labute approximate surface area is 128 Å². The second kappa shape index (κ2) is 8.19. The van der Waals surface area contributed by atoms with E-state index in [4.69, 9.17) is 11.6 Å². The lowest BCUT2D eigenvalue weighted by atomic mass is 10.1. The summed E-state index contributed by atoms with van der Waals surface area (Å²) < 4.78 is 0. The third-order valence-corrected chi connectivity index (χ3v) is 3.93. The highest BCUT2D eigenvalue weighted by Gasteiger charge is 2.12. The molecule has 1 N–H and O–H groups in total. The highest BCUT2D eigenvalue weighted by molar-refractivity contribution is 7.09. The van der Waals surface area contributed by atoms with Gasteiger partial charge in [0.2, 0.25) is 0 Å². The second-order valence-corrected chi connectivity index (χ2v) is 5.31. The van der Waals surface area contributed by atoms with E-state index in [1.807, 2.05) is 30.3 Å². The first kappa shape index (κ1) is 16.0. The van der Waals surface area contributed by atoms with Gasteiger partial charge in [0.1, 0.15) is 6.04 Å². The molecule has 2 nitrogen and oxygen atoms in total. The Morgan fingerprint density at radius 2 is 2.05 bits per heavy atom.